The maximum Gasteiger partial charge on any atom is 0.270 e. The Kier molecular flexibility index (Phi) is 6.62. The maximum absolute atomic E-state index is 12.9. The summed E-state index contributed by atoms with van der Waals surface area (Å²) in [6, 6.07) is 6.34. The van der Waals surface area contributed by atoms with Crippen LogP contribution in [0.4, 0.5) is 17.5 Å². The summed E-state index contributed by atoms with van der Waals surface area (Å²) in [5.74, 6) is 2.79. The minimum Gasteiger partial charge on any atom is -0.370 e. The zero-order chi connectivity index (χ0) is 24.5. The number of piperidine rings is 1. The van der Waals surface area contributed by atoms with E-state index in [2.05, 4.69) is 44.7 Å². The summed E-state index contributed by atoms with van der Waals surface area (Å²) in [6.07, 6.45) is 10.7. The molecule has 2 aliphatic rings. The molecular formula is C27H37N7O. The Hall–Kier alpha value is -3.16. The molecule has 35 heavy (non-hydrogen) atoms. The van der Waals surface area contributed by atoms with Crippen molar-refractivity contribution in [3.63, 3.8) is 0 Å². The van der Waals surface area contributed by atoms with Crippen LogP contribution in [0, 0.1) is 11.8 Å². The summed E-state index contributed by atoms with van der Waals surface area (Å²) < 4.78 is 2.13. The van der Waals surface area contributed by atoms with E-state index in [1.165, 1.54) is 25.7 Å². The maximum atomic E-state index is 12.9. The molecule has 1 saturated carbocycles. The van der Waals surface area contributed by atoms with Gasteiger partial charge in [-0.3, -0.25) is 4.79 Å². The van der Waals surface area contributed by atoms with Gasteiger partial charge in [0.1, 0.15) is 17.2 Å². The second-order valence-corrected chi connectivity index (χ2v) is 10.6. The highest BCUT2D eigenvalue weighted by atomic mass is 16.2. The summed E-state index contributed by atoms with van der Waals surface area (Å²) in [4.78, 5) is 31.0. The molecule has 5 rings (SSSR count). The standard InChI is InChI=1S/C27H37N7O/c1-18(2)19-11-13-33(14-12-19)22-9-10-24(28-17-22)30-27-29-16-20-15-23(26(35)32(3)4)34(25(20)31-27)21-7-5-6-8-21/h9-10,15-19,21H,5-8,11-14H2,1-4H3,(H,28,29,30,31). The van der Waals surface area contributed by atoms with Crippen molar-refractivity contribution in [1.82, 2.24) is 24.4 Å². The molecule has 3 aromatic rings. The number of rotatable bonds is 6. The second-order valence-electron chi connectivity index (χ2n) is 10.6. The lowest BCUT2D eigenvalue weighted by atomic mass is 9.86. The molecule has 1 saturated heterocycles. The lowest BCUT2D eigenvalue weighted by Crippen LogP contribution is -2.35. The zero-order valence-electron chi connectivity index (χ0n) is 21.4. The number of nitrogens with one attached hydrogen (secondary N) is 1. The average Bonchev–Trinajstić information content (AvgIpc) is 3.51. The molecule has 1 aliphatic carbocycles. The quantitative estimate of drug-likeness (QED) is 0.524. The van der Waals surface area contributed by atoms with Gasteiger partial charge in [-0.2, -0.15) is 4.98 Å². The van der Waals surface area contributed by atoms with E-state index in [0.717, 1.165) is 54.5 Å². The first-order chi connectivity index (χ1) is 16.9. The van der Waals surface area contributed by atoms with Gasteiger partial charge in [-0.1, -0.05) is 26.7 Å². The first-order valence-electron chi connectivity index (χ1n) is 13.0. The Bertz CT molecular complexity index is 1170. The molecule has 1 amide bonds. The normalized spacial score (nSPS) is 17.5. The Morgan fingerprint density at radius 1 is 1.06 bits per heavy atom. The van der Waals surface area contributed by atoms with Gasteiger partial charge >= 0.3 is 0 Å². The summed E-state index contributed by atoms with van der Waals surface area (Å²) >= 11 is 0. The van der Waals surface area contributed by atoms with Gasteiger partial charge in [0.2, 0.25) is 5.95 Å². The Morgan fingerprint density at radius 2 is 1.80 bits per heavy atom. The largest absolute Gasteiger partial charge is 0.370 e. The molecule has 0 atom stereocenters. The Morgan fingerprint density at radius 3 is 2.43 bits per heavy atom. The molecule has 1 N–H and O–H groups in total. The molecule has 8 heteroatoms. The van der Waals surface area contributed by atoms with Crippen molar-refractivity contribution in [1.29, 1.82) is 0 Å². The SMILES string of the molecule is CC(C)C1CCN(c2ccc(Nc3ncc4cc(C(=O)N(C)C)n(C5CCCC5)c4n3)nc2)CC1. The highest BCUT2D eigenvalue weighted by Crippen LogP contribution is 2.35. The number of hydrogen-bond acceptors (Lipinski definition) is 6. The molecule has 0 aromatic carbocycles. The van der Waals surface area contributed by atoms with Crippen LogP contribution in [0.1, 0.15) is 68.9 Å². The van der Waals surface area contributed by atoms with Gasteiger partial charge in [-0.05, 0) is 55.7 Å². The number of aromatic nitrogens is 4. The minimum absolute atomic E-state index is 0.000841. The van der Waals surface area contributed by atoms with Crippen molar-refractivity contribution in [3.05, 3.63) is 36.3 Å². The van der Waals surface area contributed by atoms with Gasteiger partial charge in [-0.25, -0.2) is 9.97 Å². The summed E-state index contributed by atoms with van der Waals surface area (Å²) in [5, 5.41) is 4.16. The second kappa shape index (κ2) is 9.84. The molecule has 0 radical (unpaired) electrons. The highest BCUT2D eigenvalue weighted by Gasteiger charge is 2.26. The van der Waals surface area contributed by atoms with Gasteiger partial charge in [-0.15, -0.1) is 0 Å². The van der Waals surface area contributed by atoms with E-state index in [1.807, 2.05) is 18.3 Å². The van der Waals surface area contributed by atoms with Crippen molar-refractivity contribution >= 4 is 34.4 Å². The van der Waals surface area contributed by atoms with E-state index in [4.69, 9.17) is 4.98 Å². The lowest BCUT2D eigenvalue weighted by molar-refractivity contribution is 0.0815. The number of fused-ring (bicyclic) bond motifs is 1. The number of carbonyl (C=O) groups is 1. The fourth-order valence-corrected chi connectivity index (χ4v) is 5.58. The van der Waals surface area contributed by atoms with Crippen LogP contribution in [0.2, 0.25) is 0 Å². The van der Waals surface area contributed by atoms with E-state index in [9.17, 15) is 4.79 Å². The number of hydrogen-bond donors (Lipinski definition) is 1. The smallest absolute Gasteiger partial charge is 0.270 e. The third-order valence-corrected chi connectivity index (χ3v) is 7.73. The topological polar surface area (TPSA) is 79.2 Å². The number of carbonyl (C=O) groups excluding carboxylic acids is 1. The highest BCUT2D eigenvalue weighted by molar-refractivity contribution is 5.97. The van der Waals surface area contributed by atoms with E-state index in [1.54, 1.807) is 25.2 Å². The number of anilines is 3. The van der Waals surface area contributed by atoms with Crippen LogP contribution < -0.4 is 10.2 Å². The molecule has 2 fully saturated rings. The van der Waals surface area contributed by atoms with Crippen molar-refractivity contribution in [2.24, 2.45) is 11.8 Å². The third-order valence-electron chi connectivity index (χ3n) is 7.73. The van der Waals surface area contributed by atoms with E-state index in [-0.39, 0.29) is 5.91 Å². The van der Waals surface area contributed by atoms with Crippen LogP contribution in [0.3, 0.4) is 0 Å². The molecule has 3 aromatic heterocycles. The van der Waals surface area contributed by atoms with Crippen molar-refractivity contribution in [2.75, 3.05) is 37.4 Å². The lowest BCUT2D eigenvalue weighted by Gasteiger charge is -2.35. The predicted octanol–water partition coefficient (Wildman–Crippen LogP) is 5.26. The van der Waals surface area contributed by atoms with Crippen molar-refractivity contribution in [2.45, 2.75) is 58.4 Å². The van der Waals surface area contributed by atoms with Crippen LogP contribution >= 0.6 is 0 Å². The number of pyridine rings is 1. The first-order valence-corrected chi connectivity index (χ1v) is 13.0. The molecule has 186 valence electrons. The summed E-state index contributed by atoms with van der Waals surface area (Å²) in [6.45, 7) is 6.83. The van der Waals surface area contributed by atoms with Crippen molar-refractivity contribution < 1.29 is 4.79 Å². The molecule has 4 heterocycles. The van der Waals surface area contributed by atoms with Crippen molar-refractivity contribution in [3.8, 4) is 0 Å². The van der Waals surface area contributed by atoms with Crippen LogP contribution in [0.5, 0.6) is 0 Å². The van der Waals surface area contributed by atoms with Crippen LogP contribution in [-0.4, -0.2) is 57.5 Å². The summed E-state index contributed by atoms with van der Waals surface area (Å²) in [5.41, 5.74) is 2.66. The predicted molar refractivity (Wildman–Crippen MR) is 140 cm³/mol. The van der Waals surface area contributed by atoms with Crippen LogP contribution in [-0.2, 0) is 0 Å². The first kappa shape index (κ1) is 23.6. The third kappa shape index (κ3) is 4.83. The van der Waals surface area contributed by atoms with E-state index in [0.29, 0.717) is 23.5 Å². The average molecular weight is 476 g/mol. The van der Waals surface area contributed by atoms with E-state index < -0.39 is 0 Å². The van der Waals surface area contributed by atoms with E-state index >= 15 is 0 Å². The fraction of sp³-hybridized carbons (Fsp3) is 0.556. The van der Waals surface area contributed by atoms with Gasteiger partial charge in [0.25, 0.3) is 5.91 Å². The van der Waals surface area contributed by atoms with Gasteiger partial charge in [0, 0.05) is 44.8 Å². The molecular weight excluding hydrogens is 438 g/mol. The van der Waals surface area contributed by atoms with Crippen LogP contribution in [0.15, 0.2) is 30.6 Å². The van der Waals surface area contributed by atoms with Gasteiger partial charge in [0.05, 0.1) is 11.9 Å². The molecule has 0 spiro atoms. The molecule has 8 nitrogen and oxygen atoms in total. The van der Waals surface area contributed by atoms with Gasteiger partial charge in [0.15, 0.2) is 0 Å². The molecule has 1 aliphatic heterocycles. The number of nitrogens with zero attached hydrogens (tertiary/aromatic N) is 6. The van der Waals surface area contributed by atoms with Crippen LogP contribution in [0.25, 0.3) is 11.0 Å². The number of amides is 1. The zero-order valence-corrected chi connectivity index (χ0v) is 21.4. The summed E-state index contributed by atoms with van der Waals surface area (Å²) in [7, 11) is 3.58. The Labute approximate surface area is 207 Å². The molecule has 0 unspecified atom stereocenters. The fourth-order valence-electron chi connectivity index (χ4n) is 5.58. The monoisotopic (exact) mass is 475 g/mol. The minimum atomic E-state index is -0.000841. The van der Waals surface area contributed by atoms with Gasteiger partial charge < -0.3 is 19.7 Å². The Balaban J connectivity index is 1.36. The molecule has 0 bridgehead atoms.